The number of benzene rings is 1. The standard InChI is InChI=1S/C23H23N5O/c24-11-18-3-2-15(13-26-18)22-21-10-16-9-14(1-8-20(16)23(21)28-27-22)12-25-17-4-6-19(29)7-5-17/h1-3,8-9,13,17,19,25,29H,4-7,10,12H2,(H,27,28)/t17-,19-. The molecule has 1 fully saturated rings. The number of nitriles is 1. The van der Waals surface area contributed by atoms with Crippen molar-refractivity contribution in [2.75, 3.05) is 0 Å². The Bertz CT molecular complexity index is 1070. The molecule has 0 amide bonds. The monoisotopic (exact) mass is 385 g/mol. The molecule has 29 heavy (non-hydrogen) atoms. The summed E-state index contributed by atoms with van der Waals surface area (Å²) < 4.78 is 0. The van der Waals surface area contributed by atoms with Crippen LogP contribution in [0.1, 0.15) is 48.1 Å². The van der Waals surface area contributed by atoms with Crippen LogP contribution in [0, 0.1) is 11.3 Å². The second-order valence-corrected chi connectivity index (χ2v) is 8.02. The van der Waals surface area contributed by atoms with Crippen molar-refractivity contribution in [2.45, 2.75) is 50.8 Å². The van der Waals surface area contributed by atoms with Gasteiger partial charge < -0.3 is 10.4 Å². The molecule has 1 aromatic carbocycles. The fraction of sp³-hybridized carbons (Fsp3) is 0.348. The third-order valence-electron chi connectivity index (χ3n) is 6.12. The maximum Gasteiger partial charge on any atom is 0.140 e. The third-order valence-corrected chi connectivity index (χ3v) is 6.12. The first-order valence-electron chi connectivity index (χ1n) is 10.2. The van der Waals surface area contributed by atoms with Crippen molar-refractivity contribution in [3.8, 4) is 28.6 Å². The van der Waals surface area contributed by atoms with Crippen molar-refractivity contribution in [1.82, 2.24) is 20.5 Å². The molecule has 1 saturated carbocycles. The van der Waals surface area contributed by atoms with Gasteiger partial charge in [0.25, 0.3) is 0 Å². The van der Waals surface area contributed by atoms with Gasteiger partial charge in [0.15, 0.2) is 0 Å². The van der Waals surface area contributed by atoms with E-state index in [9.17, 15) is 5.11 Å². The Morgan fingerprint density at radius 2 is 2.03 bits per heavy atom. The number of rotatable bonds is 4. The zero-order valence-corrected chi connectivity index (χ0v) is 16.2. The molecule has 2 aliphatic carbocycles. The van der Waals surface area contributed by atoms with Gasteiger partial charge in [-0.1, -0.05) is 18.2 Å². The Morgan fingerprint density at radius 1 is 1.17 bits per heavy atom. The number of aromatic nitrogens is 3. The van der Waals surface area contributed by atoms with Crippen LogP contribution in [0.25, 0.3) is 22.5 Å². The third kappa shape index (κ3) is 3.44. The fourth-order valence-corrected chi connectivity index (χ4v) is 4.48. The van der Waals surface area contributed by atoms with E-state index in [0.717, 1.165) is 55.6 Å². The maximum atomic E-state index is 9.66. The zero-order valence-electron chi connectivity index (χ0n) is 16.2. The summed E-state index contributed by atoms with van der Waals surface area (Å²) in [6, 6.07) is 12.8. The molecule has 3 aromatic rings. The van der Waals surface area contributed by atoms with Crippen LogP contribution >= 0.6 is 0 Å². The van der Waals surface area contributed by atoms with Crippen LogP contribution in [-0.2, 0) is 13.0 Å². The van der Waals surface area contributed by atoms with E-state index < -0.39 is 0 Å². The summed E-state index contributed by atoms with van der Waals surface area (Å²) in [6.07, 6.45) is 6.34. The molecule has 6 heteroatoms. The molecule has 2 aromatic heterocycles. The number of H-pyrrole nitrogens is 1. The predicted octanol–water partition coefficient (Wildman–Crippen LogP) is 3.31. The molecular weight excluding hydrogens is 362 g/mol. The first kappa shape index (κ1) is 18.0. The van der Waals surface area contributed by atoms with Crippen LogP contribution < -0.4 is 5.32 Å². The lowest BCUT2D eigenvalue weighted by atomic mass is 9.93. The van der Waals surface area contributed by atoms with Gasteiger partial charge in [-0.05, 0) is 48.9 Å². The normalized spacial score (nSPS) is 20.1. The van der Waals surface area contributed by atoms with Gasteiger partial charge in [0.2, 0.25) is 0 Å². The predicted molar refractivity (Wildman–Crippen MR) is 110 cm³/mol. The van der Waals surface area contributed by atoms with Crippen molar-refractivity contribution >= 4 is 0 Å². The molecule has 0 spiro atoms. The molecule has 6 nitrogen and oxygen atoms in total. The van der Waals surface area contributed by atoms with Crippen LogP contribution in [0.3, 0.4) is 0 Å². The van der Waals surface area contributed by atoms with Gasteiger partial charge in [0, 0.05) is 41.9 Å². The molecule has 5 rings (SSSR count). The van der Waals surface area contributed by atoms with Crippen LogP contribution in [0.5, 0.6) is 0 Å². The molecule has 146 valence electrons. The van der Waals surface area contributed by atoms with Crippen molar-refractivity contribution < 1.29 is 5.11 Å². The molecule has 0 aliphatic heterocycles. The van der Waals surface area contributed by atoms with Gasteiger partial charge in [0.1, 0.15) is 11.8 Å². The summed E-state index contributed by atoms with van der Waals surface area (Å²) in [4.78, 5) is 4.18. The number of pyridine rings is 1. The number of hydrogen-bond donors (Lipinski definition) is 3. The van der Waals surface area contributed by atoms with Crippen molar-refractivity contribution in [1.29, 1.82) is 5.26 Å². The highest BCUT2D eigenvalue weighted by atomic mass is 16.3. The lowest BCUT2D eigenvalue weighted by Gasteiger charge is -2.26. The molecule has 2 aliphatic rings. The number of aliphatic hydroxyl groups is 1. The Hall–Kier alpha value is -3.01. The minimum Gasteiger partial charge on any atom is -0.393 e. The second kappa shape index (κ2) is 7.43. The first-order valence-corrected chi connectivity index (χ1v) is 10.2. The first-order chi connectivity index (χ1) is 14.2. The van der Waals surface area contributed by atoms with Gasteiger partial charge in [-0.15, -0.1) is 0 Å². The van der Waals surface area contributed by atoms with E-state index in [1.54, 1.807) is 12.3 Å². The van der Waals surface area contributed by atoms with Crippen molar-refractivity contribution in [3.63, 3.8) is 0 Å². The Labute approximate surface area is 169 Å². The summed E-state index contributed by atoms with van der Waals surface area (Å²) in [5.41, 5.74) is 8.34. The van der Waals surface area contributed by atoms with E-state index in [-0.39, 0.29) is 6.10 Å². The molecule has 0 unspecified atom stereocenters. The highest BCUT2D eigenvalue weighted by Gasteiger charge is 2.25. The molecule has 3 N–H and O–H groups in total. The highest BCUT2D eigenvalue weighted by molar-refractivity contribution is 5.81. The van der Waals surface area contributed by atoms with E-state index in [1.165, 1.54) is 22.3 Å². The summed E-state index contributed by atoms with van der Waals surface area (Å²) in [5, 5.41) is 30.0. The number of aromatic amines is 1. The summed E-state index contributed by atoms with van der Waals surface area (Å²) in [7, 11) is 0. The number of aliphatic hydroxyl groups excluding tert-OH is 1. The minimum absolute atomic E-state index is 0.115. The van der Waals surface area contributed by atoms with Crippen LogP contribution in [-0.4, -0.2) is 32.4 Å². The molecular formula is C23H23N5O. The average molecular weight is 385 g/mol. The summed E-state index contributed by atoms with van der Waals surface area (Å²) >= 11 is 0. The van der Waals surface area contributed by atoms with Gasteiger partial charge >= 0.3 is 0 Å². The Balaban J connectivity index is 1.32. The summed E-state index contributed by atoms with van der Waals surface area (Å²) in [6.45, 7) is 0.854. The van der Waals surface area contributed by atoms with Crippen molar-refractivity contribution in [3.05, 3.63) is 58.9 Å². The molecule has 0 radical (unpaired) electrons. The largest absolute Gasteiger partial charge is 0.393 e. The minimum atomic E-state index is -0.115. The Morgan fingerprint density at radius 3 is 2.79 bits per heavy atom. The van der Waals surface area contributed by atoms with Crippen molar-refractivity contribution in [2.24, 2.45) is 0 Å². The Kier molecular flexibility index (Phi) is 4.62. The van der Waals surface area contributed by atoms with Crippen LogP contribution in [0.4, 0.5) is 0 Å². The molecule has 2 heterocycles. The fourth-order valence-electron chi connectivity index (χ4n) is 4.48. The molecule has 0 saturated heterocycles. The van der Waals surface area contributed by atoms with Crippen LogP contribution in [0.2, 0.25) is 0 Å². The lowest BCUT2D eigenvalue weighted by Crippen LogP contribution is -2.34. The van der Waals surface area contributed by atoms with Gasteiger partial charge in [-0.25, -0.2) is 4.98 Å². The van der Waals surface area contributed by atoms with Gasteiger partial charge in [0.05, 0.1) is 17.5 Å². The number of hydrogen-bond acceptors (Lipinski definition) is 5. The summed E-state index contributed by atoms with van der Waals surface area (Å²) in [5.74, 6) is 0. The van der Waals surface area contributed by atoms with Gasteiger partial charge in [-0.3, -0.25) is 5.10 Å². The van der Waals surface area contributed by atoms with E-state index >= 15 is 0 Å². The molecule has 0 bridgehead atoms. The SMILES string of the molecule is N#Cc1ccc(-c2n[nH]c3c2Cc2cc(CN[C@H]4CC[C@H](O)CC4)ccc2-3)cn1. The van der Waals surface area contributed by atoms with E-state index in [1.807, 2.05) is 6.07 Å². The zero-order chi connectivity index (χ0) is 19.8. The number of fused-ring (bicyclic) bond motifs is 3. The van der Waals surface area contributed by atoms with E-state index in [0.29, 0.717) is 11.7 Å². The maximum absolute atomic E-state index is 9.66. The highest BCUT2D eigenvalue weighted by Crippen LogP contribution is 2.40. The van der Waals surface area contributed by atoms with Crippen LogP contribution in [0.15, 0.2) is 36.5 Å². The smallest absolute Gasteiger partial charge is 0.140 e. The average Bonchev–Trinajstić information content (AvgIpc) is 3.32. The van der Waals surface area contributed by atoms with Gasteiger partial charge in [-0.2, -0.15) is 10.4 Å². The van der Waals surface area contributed by atoms with E-state index in [4.69, 9.17) is 5.26 Å². The quantitative estimate of drug-likeness (QED) is 0.501. The number of nitrogens with zero attached hydrogens (tertiary/aromatic N) is 3. The molecule has 0 atom stereocenters. The van der Waals surface area contributed by atoms with E-state index in [2.05, 4.69) is 44.8 Å². The topological polar surface area (TPSA) is 97.6 Å². The lowest BCUT2D eigenvalue weighted by molar-refractivity contribution is 0.116. The second-order valence-electron chi connectivity index (χ2n) is 8.02. The number of nitrogens with one attached hydrogen (secondary N) is 2.